The molecule has 0 aliphatic heterocycles. The molecular formula is C15H18N2OS. The summed E-state index contributed by atoms with van der Waals surface area (Å²) in [5.74, 6) is 0.979. The molecule has 1 aliphatic carbocycles. The molecular weight excluding hydrogens is 256 g/mol. The van der Waals surface area contributed by atoms with E-state index in [1.807, 2.05) is 12.1 Å². The van der Waals surface area contributed by atoms with E-state index in [1.54, 1.807) is 24.5 Å². The van der Waals surface area contributed by atoms with Crippen LogP contribution in [-0.2, 0) is 6.54 Å². The molecule has 0 saturated heterocycles. The fourth-order valence-corrected chi connectivity index (χ4v) is 2.87. The molecule has 3 nitrogen and oxygen atoms in total. The summed E-state index contributed by atoms with van der Waals surface area (Å²) in [7, 11) is 0. The van der Waals surface area contributed by atoms with Crippen molar-refractivity contribution in [3.05, 3.63) is 46.3 Å². The zero-order chi connectivity index (χ0) is 13.2. The Balaban J connectivity index is 1.85. The topological polar surface area (TPSA) is 36.4 Å². The van der Waals surface area contributed by atoms with Crippen LogP contribution in [0.4, 0.5) is 5.82 Å². The van der Waals surface area contributed by atoms with E-state index in [0.29, 0.717) is 6.04 Å². The average Bonchev–Trinajstić information content (AvgIpc) is 3.13. The fourth-order valence-electron chi connectivity index (χ4n) is 2.21. The molecule has 3 rings (SSSR count). The van der Waals surface area contributed by atoms with Gasteiger partial charge in [0, 0.05) is 18.8 Å². The highest BCUT2D eigenvalue weighted by molar-refractivity contribution is 7.07. The quantitative estimate of drug-likeness (QED) is 0.908. The minimum atomic E-state index is -0.441. The Morgan fingerprint density at radius 1 is 1.47 bits per heavy atom. The Morgan fingerprint density at radius 2 is 2.32 bits per heavy atom. The fraction of sp³-hybridized carbons (Fsp3) is 0.400. The largest absolute Gasteiger partial charge is 0.389 e. The van der Waals surface area contributed by atoms with Crippen molar-refractivity contribution in [2.45, 2.75) is 38.5 Å². The summed E-state index contributed by atoms with van der Waals surface area (Å²) in [6, 6.07) is 6.66. The third kappa shape index (κ3) is 2.96. The second-order valence-corrected chi connectivity index (χ2v) is 5.89. The summed E-state index contributed by atoms with van der Waals surface area (Å²) in [5.41, 5.74) is 2.27. The van der Waals surface area contributed by atoms with E-state index in [1.165, 1.54) is 18.4 Å². The van der Waals surface area contributed by atoms with E-state index in [9.17, 15) is 5.11 Å². The molecule has 1 atom stereocenters. The first-order valence-electron chi connectivity index (χ1n) is 6.66. The van der Waals surface area contributed by atoms with Crippen molar-refractivity contribution in [2.75, 3.05) is 4.90 Å². The van der Waals surface area contributed by atoms with Gasteiger partial charge in [-0.1, -0.05) is 0 Å². The molecule has 0 aromatic carbocycles. The van der Waals surface area contributed by atoms with Crippen LogP contribution < -0.4 is 4.90 Å². The van der Waals surface area contributed by atoms with Gasteiger partial charge < -0.3 is 10.0 Å². The van der Waals surface area contributed by atoms with E-state index < -0.39 is 6.10 Å². The van der Waals surface area contributed by atoms with E-state index in [-0.39, 0.29) is 0 Å². The molecule has 1 aliphatic rings. The Hall–Kier alpha value is -1.39. The van der Waals surface area contributed by atoms with Gasteiger partial charge in [-0.05, 0) is 59.9 Å². The van der Waals surface area contributed by atoms with Gasteiger partial charge in [-0.25, -0.2) is 4.98 Å². The first-order valence-corrected chi connectivity index (χ1v) is 7.60. The molecule has 1 saturated carbocycles. The summed E-state index contributed by atoms with van der Waals surface area (Å²) in [6.45, 7) is 2.70. The minimum Gasteiger partial charge on any atom is -0.389 e. The number of rotatable bonds is 5. The number of aliphatic hydroxyl groups is 1. The van der Waals surface area contributed by atoms with E-state index in [0.717, 1.165) is 17.9 Å². The van der Waals surface area contributed by atoms with Crippen LogP contribution in [0, 0.1) is 0 Å². The predicted octanol–water partition coefficient (Wildman–Crippen LogP) is 3.37. The van der Waals surface area contributed by atoms with E-state index >= 15 is 0 Å². The van der Waals surface area contributed by atoms with Crippen LogP contribution in [0.5, 0.6) is 0 Å². The normalized spacial score (nSPS) is 16.3. The molecule has 0 bridgehead atoms. The second kappa shape index (κ2) is 5.31. The van der Waals surface area contributed by atoms with Gasteiger partial charge in [0.05, 0.1) is 6.10 Å². The maximum absolute atomic E-state index is 9.70. The summed E-state index contributed by atoms with van der Waals surface area (Å²) < 4.78 is 0. The Bertz CT molecular complexity index is 535. The maximum atomic E-state index is 9.70. The first-order chi connectivity index (χ1) is 9.24. The molecule has 4 heteroatoms. The number of hydrogen-bond donors (Lipinski definition) is 1. The molecule has 0 amide bonds. The van der Waals surface area contributed by atoms with Crippen molar-refractivity contribution in [3.8, 4) is 0 Å². The summed E-state index contributed by atoms with van der Waals surface area (Å²) >= 11 is 1.73. The van der Waals surface area contributed by atoms with Crippen LogP contribution in [0.15, 0.2) is 35.2 Å². The van der Waals surface area contributed by atoms with Crippen LogP contribution in [0.2, 0.25) is 0 Å². The average molecular weight is 274 g/mol. The van der Waals surface area contributed by atoms with Gasteiger partial charge in [0.1, 0.15) is 5.82 Å². The van der Waals surface area contributed by atoms with Crippen molar-refractivity contribution < 1.29 is 5.11 Å². The number of pyridine rings is 1. The van der Waals surface area contributed by atoms with Crippen molar-refractivity contribution in [3.63, 3.8) is 0 Å². The minimum absolute atomic E-state index is 0.441. The Kier molecular flexibility index (Phi) is 3.53. The number of nitrogens with zero attached hydrogens (tertiary/aromatic N) is 2. The highest BCUT2D eigenvalue weighted by Gasteiger charge is 2.30. The SMILES string of the molecule is C[C@H](O)c1ccnc(N(Cc2ccsc2)C2CC2)c1. The maximum Gasteiger partial charge on any atom is 0.129 e. The molecule has 0 unspecified atom stereocenters. The van der Waals surface area contributed by atoms with Gasteiger partial charge in [-0.2, -0.15) is 11.3 Å². The van der Waals surface area contributed by atoms with Crippen LogP contribution in [-0.4, -0.2) is 16.1 Å². The molecule has 19 heavy (non-hydrogen) atoms. The number of aromatic nitrogens is 1. The van der Waals surface area contributed by atoms with Crippen LogP contribution in [0.1, 0.15) is 37.0 Å². The van der Waals surface area contributed by atoms with Crippen molar-refractivity contribution in [2.24, 2.45) is 0 Å². The molecule has 0 radical (unpaired) electrons. The van der Waals surface area contributed by atoms with Gasteiger partial charge in [0.2, 0.25) is 0 Å². The molecule has 1 N–H and O–H groups in total. The van der Waals surface area contributed by atoms with Gasteiger partial charge in [0.15, 0.2) is 0 Å². The lowest BCUT2D eigenvalue weighted by molar-refractivity contribution is 0.199. The number of aliphatic hydroxyl groups excluding tert-OH is 1. The van der Waals surface area contributed by atoms with Crippen molar-refractivity contribution in [1.29, 1.82) is 0 Å². The molecule has 1 fully saturated rings. The number of hydrogen-bond acceptors (Lipinski definition) is 4. The lowest BCUT2D eigenvalue weighted by Gasteiger charge is -2.23. The van der Waals surface area contributed by atoms with E-state index in [4.69, 9.17) is 0 Å². The summed E-state index contributed by atoms with van der Waals surface area (Å²) in [6.07, 6.45) is 3.83. The monoisotopic (exact) mass is 274 g/mol. The van der Waals surface area contributed by atoms with Gasteiger partial charge in [-0.3, -0.25) is 0 Å². The second-order valence-electron chi connectivity index (χ2n) is 5.11. The third-order valence-electron chi connectivity index (χ3n) is 3.47. The lowest BCUT2D eigenvalue weighted by Crippen LogP contribution is -2.25. The smallest absolute Gasteiger partial charge is 0.129 e. The molecule has 100 valence electrons. The molecule has 2 heterocycles. The highest BCUT2D eigenvalue weighted by atomic mass is 32.1. The number of anilines is 1. The third-order valence-corrected chi connectivity index (χ3v) is 4.20. The van der Waals surface area contributed by atoms with Gasteiger partial charge in [0.25, 0.3) is 0 Å². The first kappa shape index (κ1) is 12.6. The summed E-state index contributed by atoms with van der Waals surface area (Å²) in [5, 5.41) is 14.0. The molecule has 2 aromatic heterocycles. The number of thiophene rings is 1. The Morgan fingerprint density at radius 3 is 2.95 bits per heavy atom. The summed E-state index contributed by atoms with van der Waals surface area (Å²) in [4.78, 5) is 6.84. The predicted molar refractivity (Wildman–Crippen MR) is 78.4 cm³/mol. The molecule has 0 spiro atoms. The lowest BCUT2D eigenvalue weighted by atomic mass is 10.1. The van der Waals surface area contributed by atoms with Crippen LogP contribution in [0.25, 0.3) is 0 Å². The zero-order valence-electron chi connectivity index (χ0n) is 11.0. The standard InChI is InChI=1S/C15H18N2OS/c1-11(18)13-4-6-16-15(8-13)17(14-2-3-14)9-12-5-7-19-10-12/h4-8,10-11,14,18H,2-3,9H2,1H3/t11-/m0/s1. The Labute approximate surface area is 117 Å². The van der Waals surface area contributed by atoms with E-state index in [2.05, 4.69) is 26.7 Å². The van der Waals surface area contributed by atoms with Crippen LogP contribution >= 0.6 is 11.3 Å². The zero-order valence-corrected chi connectivity index (χ0v) is 11.8. The highest BCUT2D eigenvalue weighted by Crippen LogP contribution is 2.33. The van der Waals surface area contributed by atoms with Crippen molar-refractivity contribution in [1.82, 2.24) is 4.98 Å². The van der Waals surface area contributed by atoms with Gasteiger partial charge >= 0.3 is 0 Å². The molecule has 2 aromatic rings. The van der Waals surface area contributed by atoms with Gasteiger partial charge in [-0.15, -0.1) is 0 Å². The van der Waals surface area contributed by atoms with Crippen LogP contribution in [0.3, 0.4) is 0 Å². The van der Waals surface area contributed by atoms with Crippen molar-refractivity contribution >= 4 is 17.2 Å².